The number of hydrogen-bond acceptors (Lipinski definition) is 3. The van der Waals surface area contributed by atoms with Crippen LogP contribution in [0.5, 0.6) is 0 Å². The van der Waals surface area contributed by atoms with Gasteiger partial charge in [-0.1, -0.05) is 13.3 Å². The Hall–Kier alpha value is -0.570. The average Bonchev–Trinajstić information content (AvgIpc) is 3.02. The molecule has 0 saturated heterocycles. The zero-order valence-electron chi connectivity index (χ0n) is 10.9. The first-order valence-electron chi connectivity index (χ1n) is 6.60. The van der Waals surface area contributed by atoms with Crippen molar-refractivity contribution in [3.05, 3.63) is 0 Å². The summed E-state index contributed by atoms with van der Waals surface area (Å²) in [4.78, 5) is 13.9. The van der Waals surface area contributed by atoms with Crippen LogP contribution in [-0.4, -0.2) is 36.1 Å². The van der Waals surface area contributed by atoms with Crippen LogP contribution >= 0.6 is 0 Å². The molecule has 1 aliphatic carbocycles. The van der Waals surface area contributed by atoms with Gasteiger partial charge in [-0.2, -0.15) is 0 Å². The molecule has 0 radical (unpaired) electrons. The molecule has 0 heterocycles. The zero-order chi connectivity index (χ0) is 12.0. The summed E-state index contributed by atoms with van der Waals surface area (Å²) in [6, 6.07) is 1.06. The Balaban J connectivity index is 2.34. The SMILES string of the molecule is CCCCN(C(C)CC(=O)OCC)C1CC1. The number of nitrogens with zero attached hydrogens (tertiary/aromatic N) is 1. The van der Waals surface area contributed by atoms with Crippen molar-refractivity contribution in [3.63, 3.8) is 0 Å². The van der Waals surface area contributed by atoms with Crippen molar-refractivity contribution in [2.45, 2.75) is 65.0 Å². The van der Waals surface area contributed by atoms with Gasteiger partial charge in [0.15, 0.2) is 0 Å². The van der Waals surface area contributed by atoms with Crippen molar-refractivity contribution in [1.82, 2.24) is 4.90 Å². The molecule has 0 N–H and O–H groups in total. The van der Waals surface area contributed by atoms with Crippen LogP contribution in [0.1, 0.15) is 52.9 Å². The van der Waals surface area contributed by atoms with Crippen molar-refractivity contribution in [3.8, 4) is 0 Å². The predicted molar refractivity (Wildman–Crippen MR) is 65.3 cm³/mol. The lowest BCUT2D eigenvalue weighted by Gasteiger charge is -2.28. The Morgan fingerprint density at radius 1 is 1.44 bits per heavy atom. The average molecular weight is 227 g/mol. The highest BCUT2D eigenvalue weighted by molar-refractivity contribution is 5.70. The summed E-state index contributed by atoms with van der Waals surface area (Å²) in [5.41, 5.74) is 0. The minimum atomic E-state index is -0.0582. The molecule has 3 heteroatoms. The van der Waals surface area contributed by atoms with Crippen LogP contribution in [0.3, 0.4) is 0 Å². The number of hydrogen-bond donors (Lipinski definition) is 0. The molecule has 1 fully saturated rings. The number of carbonyl (C=O) groups is 1. The first-order valence-corrected chi connectivity index (χ1v) is 6.60. The van der Waals surface area contributed by atoms with E-state index < -0.39 is 0 Å². The van der Waals surface area contributed by atoms with Crippen molar-refractivity contribution in [2.75, 3.05) is 13.2 Å². The summed E-state index contributed by atoms with van der Waals surface area (Å²) in [6.45, 7) is 7.83. The van der Waals surface area contributed by atoms with Crippen LogP contribution in [0.15, 0.2) is 0 Å². The number of ether oxygens (including phenoxy) is 1. The minimum Gasteiger partial charge on any atom is -0.466 e. The highest BCUT2D eigenvalue weighted by atomic mass is 16.5. The molecule has 1 atom stereocenters. The van der Waals surface area contributed by atoms with Gasteiger partial charge in [0.1, 0.15) is 0 Å². The van der Waals surface area contributed by atoms with Crippen molar-refractivity contribution in [2.24, 2.45) is 0 Å². The molecule has 94 valence electrons. The summed E-state index contributed by atoms with van der Waals surface area (Å²) < 4.78 is 5.00. The maximum atomic E-state index is 11.4. The summed E-state index contributed by atoms with van der Waals surface area (Å²) in [7, 11) is 0. The van der Waals surface area contributed by atoms with Gasteiger partial charge < -0.3 is 4.74 Å². The summed E-state index contributed by atoms with van der Waals surface area (Å²) in [5.74, 6) is -0.0582. The third-order valence-corrected chi connectivity index (χ3v) is 3.12. The van der Waals surface area contributed by atoms with Gasteiger partial charge in [0.05, 0.1) is 13.0 Å². The fourth-order valence-corrected chi connectivity index (χ4v) is 2.09. The number of carbonyl (C=O) groups excluding carboxylic acids is 1. The molecule has 1 aliphatic rings. The van der Waals surface area contributed by atoms with E-state index in [1.54, 1.807) is 0 Å². The fourth-order valence-electron chi connectivity index (χ4n) is 2.09. The van der Waals surface area contributed by atoms with Crippen molar-refractivity contribution < 1.29 is 9.53 Å². The first-order chi connectivity index (χ1) is 7.69. The van der Waals surface area contributed by atoms with Crippen molar-refractivity contribution >= 4 is 5.97 Å². The van der Waals surface area contributed by atoms with Gasteiger partial charge in [0.25, 0.3) is 0 Å². The lowest BCUT2D eigenvalue weighted by Crippen LogP contribution is -2.37. The quantitative estimate of drug-likeness (QED) is 0.597. The van der Waals surface area contributed by atoms with Crippen LogP contribution in [0.2, 0.25) is 0 Å². The Morgan fingerprint density at radius 2 is 2.12 bits per heavy atom. The van der Waals surface area contributed by atoms with E-state index in [0.717, 1.165) is 12.6 Å². The molecule has 0 aromatic carbocycles. The first kappa shape index (κ1) is 13.5. The number of unbranched alkanes of at least 4 members (excludes halogenated alkanes) is 1. The maximum absolute atomic E-state index is 11.4. The van der Waals surface area contributed by atoms with Crippen LogP contribution < -0.4 is 0 Å². The van der Waals surface area contributed by atoms with Gasteiger partial charge in [-0.25, -0.2) is 0 Å². The van der Waals surface area contributed by atoms with E-state index in [1.165, 1.54) is 25.7 Å². The molecule has 0 aromatic heterocycles. The Bertz CT molecular complexity index is 214. The van der Waals surface area contributed by atoms with Gasteiger partial charge >= 0.3 is 5.97 Å². The number of esters is 1. The fraction of sp³-hybridized carbons (Fsp3) is 0.923. The van der Waals surface area contributed by atoms with E-state index >= 15 is 0 Å². The van der Waals surface area contributed by atoms with Gasteiger partial charge in [0.2, 0.25) is 0 Å². The van der Waals surface area contributed by atoms with Crippen LogP contribution in [-0.2, 0) is 9.53 Å². The lowest BCUT2D eigenvalue weighted by atomic mass is 10.2. The van der Waals surface area contributed by atoms with E-state index in [1.807, 2.05) is 6.92 Å². The van der Waals surface area contributed by atoms with Gasteiger partial charge in [0, 0.05) is 12.1 Å². The molecule has 3 nitrogen and oxygen atoms in total. The molecule has 1 saturated carbocycles. The molecule has 0 bridgehead atoms. The molecule has 0 aromatic rings. The zero-order valence-corrected chi connectivity index (χ0v) is 10.9. The second-order valence-corrected chi connectivity index (χ2v) is 4.68. The van der Waals surface area contributed by atoms with Gasteiger partial charge in [-0.05, 0) is 39.7 Å². The molecular weight excluding hydrogens is 202 g/mol. The molecule has 0 spiro atoms. The van der Waals surface area contributed by atoms with Crippen LogP contribution in [0, 0.1) is 0 Å². The minimum absolute atomic E-state index is 0.0582. The molecule has 1 unspecified atom stereocenters. The Labute approximate surface area is 99.1 Å². The monoisotopic (exact) mass is 227 g/mol. The molecule has 0 amide bonds. The third kappa shape index (κ3) is 4.52. The molecular formula is C13H25NO2. The lowest BCUT2D eigenvalue weighted by molar-refractivity contribution is -0.144. The second-order valence-electron chi connectivity index (χ2n) is 4.68. The Kier molecular flexibility index (Phi) is 5.81. The smallest absolute Gasteiger partial charge is 0.307 e. The van der Waals surface area contributed by atoms with E-state index in [-0.39, 0.29) is 5.97 Å². The van der Waals surface area contributed by atoms with E-state index in [9.17, 15) is 4.79 Å². The highest BCUT2D eigenvalue weighted by Crippen LogP contribution is 2.29. The Morgan fingerprint density at radius 3 is 2.62 bits per heavy atom. The van der Waals surface area contributed by atoms with Crippen molar-refractivity contribution in [1.29, 1.82) is 0 Å². The molecule has 0 aliphatic heterocycles. The normalized spacial score (nSPS) is 17.5. The number of rotatable bonds is 8. The van der Waals surface area contributed by atoms with Gasteiger partial charge in [-0.3, -0.25) is 9.69 Å². The summed E-state index contributed by atoms with van der Waals surface area (Å²) in [6.07, 6.45) is 5.58. The molecule has 1 rings (SSSR count). The van der Waals surface area contributed by atoms with E-state index in [2.05, 4.69) is 18.7 Å². The topological polar surface area (TPSA) is 29.5 Å². The maximum Gasteiger partial charge on any atom is 0.307 e. The van der Waals surface area contributed by atoms with Crippen LogP contribution in [0.4, 0.5) is 0 Å². The second kappa shape index (κ2) is 6.89. The van der Waals surface area contributed by atoms with E-state index in [4.69, 9.17) is 4.74 Å². The van der Waals surface area contributed by atoms with Gasteiger partial charge in [-0.15, -0.1) is 0 Å². The highest BCUT2D eigenvalue weighted by Gasteiger charge is 2.32. The predicted octanol–water partition coefficient (Wildman–Crippen LogP) is 2.59. The summed E-state index contributed by atoms with van der Waals surface area (Å²) in [5, 5.41) is 0. The third-order valence-electron chi connectivity index (χ3n) is 3.12. The van der Waals surface area contributed by atoms with Crippen LogP contribution in [0.25, 0.3) is 0 Å². The largest absolute Gasteiger partial charge is 0.466 e. The van der Waals surface area contributed by atoms with E-state index in [0.29, 0.717) is 19.1 Å². The standard InChI is InChI=1S/C13H25NO2/c1-4-6-9-14(12-7-8-12)11(3)10-13(15)16-5-2/h11-12H,4-10H2,1-3H3. The summed E-state index contributed by atoms with van der Waals surface area (Å²) >= 11 is 0. The molecule has 16 heavy (non-hydrogen) atoms.